The van der Waals surface area contributed by atoms with Gasteiger partial charge in [0.25, 0.3) is 0 Å². The van der Waals surface area contributed by atoms with Gasteiger partial charge in [-0.05, 0) is 13.3 Å². The maximum atomic E-state index is 11.5. The molecule has 1 unspecified atom stereocenters. The third-order valence-electron chi connectivity index (χ3n) is 3.03. The van der Waals surface area contributed by atoms with Gasteiger partial charge < -0.3 is 14.4 Å². The summed E-state index contributed by atoms with van der Waals surface area (Å²) in [4.78, 5) is 22.1. The van der Waals surface area contributed by atoms with Gasteiger partial charge in [-0.15, -0.1) is 0 Å². The number of nitrogens with zero attached hydrogens (tertiary/aromatic N) is 3. The van der Waals surface area contributed by atoms with Crippen LogP contribution >= 0.6 is 0 Å². The minimum absolute atomic E-state index is 0.0925. The Bertz CT molecular complexity index is 450. The molecule has 0 aliphatic carbocycles. The molecular formula is C12H17N3O3. The number of esters is 1. The van der Waals surface area contributed by atoms with Crippen LogP contribution < -0.4 is 9.64 Å². The fourth-order valence-corrected chi connectivity index (χ4v) is 2.07. The van der Waals surface area contributed by atoms with E-state index in [1.54, 1.807) is 13.2 Å². The zero-order chi connectivity index (χ0) is 13.1. The average molecular weight is 251 g/mol. The van der Waals surface area contributed by atoms with Crippen molar-refractivity contribution in [3.05, 3.63) is 11.8 Å². The van der Waals surface area contributed by atoms with Crippen LogP contribution in [0.1, 0.15) is 12.1 Å². The van der Waals surface area contributed by atoms with Gasteiger partial charge in [0, 0.05) is 24.8 Å². The van der Waals surface area contributed by atoms with E-state index in [9.17, 15) is 4.79 Å². The molecule has 0 aromatic carbocycles. The summed E-state index contributed by atoms with van der Waals surface area (Å²) < 4.78 is 9.88. The second-order valence-corrected chi connectivity index (χ2v) is 4.31. The lowest BCUT2D eigenvalue weighted by molar-refractivity contribution is -0.144. The van der Waals surface area contributed by atoms with Crippen LogP contribution in [0.25, 0.3) is 0 Å². The number of carbonyl (C=O) groups excluding carboxylic acids is 1. The molecule has 0 bridgehead atoms. The van der Waals surface area contributed by atoms with Crippen molar-refractivity contribution in [3.63, 3.8) is 0 Å². The molecule has 0 radical (unpaired) electrons. The van der Waals surface area contributed by atoms with Gasteiger partial charge in [0.1, 0.15) is 0 Å². The zero-order valence-corrected chi connectivity index (χ0v) is 10.8. The van der Waals surface area contributed by atoms with Crippen molar-refractivity contribution in [2.45, 2.75) is 13.3 Å². The predicted octanol–water partition coefficient (Wildman–Crippen LogP) is 0.793. The minimum Gasteiger partial charge on any atom is -0.481 e. The normalized spacial score (nSPS) is 18.8. The Labute approximate surface area is 106 Å². The SMILES string of the molecule is COC(=O)C1CCN(c2nc(C)cc(OC)n2)C1. The Kier molecular flexibility index (Phi) is 3.64. The van der Waals surface area contributed by atoms with Gasteiger partial charge in [0.2, 0.25) is 11.8 Å². The molecule has 0 saturated carbocycles. The molecule has 6 heteroatoms. The summed E-state index contributed by atoms with van der Waals surface area (Å²) in [6, 6.07) is 1.78. The lowest BCUT2D eigenvalue weighted by Crippen LogP contribution is -2.25. The number of anilines is 1. The first-order chi connectivity index (χ1) is 8.63. The number of aromatic nitrogens is 2. The molecule has 98 valence electrons. The van der Waals surface area contributed by atoms with Crippen LogP contribution in [0, 0.1) is 12.8 Å². The lowest BCUT2D eigenvalue weighted by atomic mass is 10.1. The number of hydrogen-bond donors (Lipinski definition) is 0. The first-order valence-electron chi connectivity index (χ1n) is 5.86. The van der Waals surface area contributed by atoms with E-state index in [0.717, 1.165) is 18.7 Å². The van der Waals surface area contributed by atoms with Crippen LogP contribution in [0.2, 0.25) is 0 Å². The quantitative estimate of drug-likeness (QED) is 0.740. The van der Waals surface area contributed by atoms with E-state index in [1.807, 2.05) is 11.8 Å². The van der Waals surface area contributed by atoms with Crippen molar-refractivity contribution in [3.8, 4) is 5.88 Å². The van der Waals surface area contributed by atoms with E-state index >= 15 is 0 Å². The van der Waals surface area contributed by atoms with Crippen molar-refractivity contribution >= 4 is 11.9 Å². The van der Waals surface area contributed by atoms with E-state index in [0.29, 0.717) is 18.4 Å². The van der Waals surface area contributed by atoms with Crippen molar-refractivity contribution in [1.29, 1.82) is 0 Å². The van der Waals surface area contributed by atoms with E-state index < -0.39 is 0 Å². The largest absolute Gasteiger partial charge is 0.481 e. The molecular weight excluding hydrogens is 234 g/mol. The molecule has 1 aliphatic heterocycles. The summed E-state index contributed by atoms with van der Waals surface area (Å²) in [6.07, 6.45) is 0.770. The highest BCUT2D eigenvalue weighted by Crippen LogP contribution is 2.23. The molecule has 0 spiro atoms. The molecule has 1 aliphatic rings. The number of methoxy groups -OCH3 is 2. The third kappa shape index (κ3) is 2.52. The van der Waals surface area contributed by atoms with Gasteiger partial charge in [-0.2, -0.15) is 4.98 Å². The molecule has 0 N–H and O–H groups in total. The van der Waals surface area contributed by atoms with Gasteiger partial charge in [-0.3, -0.25) is 4.79 Å². The number of rotatable bonds is 3. The van der Waals surface area contributed by atoms with Gasteiger partial charge in [0.15, 0.2) is 0 Å². The average Bonchev–Trinajstić information content (AvgIpc) is 2.86. The number of hydrogen-bond acceptors (Lipinski definition) is 6. The minimum atomic E-state index is -0.169. The van der Waals surface area contributed by atoms with Crippen molar-refractivity contribution < 1.29 is 14.3 Å². The second kappa shape index (κ2) is 5.20. The first kappa shape index (κ1) is 12.6. The molecule has 2 heterocycles. The molecule has 1 atom stereocenters. The summed E-state index contributed by atoms with van der Waals surface area (Å²) in [7, 11) is 2.99. The van der Waals surface area contributed by atoms with Gasteiger partial charge >= 0.3 is 5.97 Å². The van der Waals surface area contributed by atoms with E-state index in [2.05, 4.69) is 9.97 Å². The third-order valence-corrected chi connectivity index (χ3v) is 3.03. The fraction of sp³-hybridized carbons (Fsp3) is 0.583. The van der Waals surface area contributed by atoms with Crippen LogP contribution in [0.3, 0.4) is 0 Å². The Morgan fingerprint density at radius 2 is 2.22 bits per heavy atom. The van der Waals surface area contributed by atoms with Gasteiger partial charge in [0.05, 0.1) is 20.1 Å². The number of ether oxygens (including phenoxy) is 2. The monoisotopic (exact) mass is 251 g/mol. The fourth-order valence-electron chi connectivity index (χ4n) is 2.07. The van der Waals surface area contributed by atoms with Crippen LogP contribution in [0.15, 0.2) is 6.07 Å². The molecule has 1 saturated heterocycles. The van der Waals surface area contributed by atoms with Crippen LogP contribution in [-0.2, 0) is 9.53 Å². The van der Waals surface area contributed by atoms with Gasteiger partial charge in [-0.25, -0.2) is 4.98 Å². The molecule has 2 rings (SSSR count). The molecule has 0 amide bonds. The Hall–Kier alpha value is -1.85. The highest BCUT2D eigenvalue weighted by Gasteiger charge is 2.30. The first-order valence-corrected chi connectivity index (χ1v) is 5.86. The molecule has 18 heavy (non-hydrogen) atoms. The lowest BCUT2D eigenvalue weighted by Gasteiger charge is -2.16. The van der Waals surface area contributed by atoms with Crippen molar-refractivity contribution in [2.75, 3.05) is 32.2 Å². The van der Waals surface area contributed by atoms with Crippen molar-refractivity contribution in [1.82, 2.24) is 9.97 Å². The molecule has 6 nitrogen and oxygen atoms in total. The van der Waals surface area contributed by atoms with Crippen molar-refractivity contribution in [2.24, 2.45) is 5.92 Å². The predicted molar refractivity (Wildman–Crippen MR) is 65.7 cm³/mol. The Morgan fingerprint density at radius 1 is 1.44 bits per heavy atom. The standard InChI is InChI=1S/C12H17N3O3/c1-8-6-10(17-2)14-12(13-8)15-5-4-9(7-15)11(16)18-3/h6,9H,4-5,7H2,1-3H3. The summed E-state index contributed by atoms with van der Waals surface area (Å²) in [5.74, 6) is 0.888. The Morgan fingerprint density at radius 3 is 2.89 bits per heavy atom. The summed E-state index contributed by atoms with van der Waals surface area (Å²) in [5, 5.41) is 0. The highest BCUT2D eigenvalue weighted by molar-refractivity contribution is 5.73. The molecule has 1 fully saturated rings. The van der Waals surface area contributed by atoms with E-state index in [-0.39, 0.29) is 11.9 Å². The summed E-state index contributed by atoms with van der Waals surface area (Å²) >= 11 is 0. The van der Waals surface area contributed by atoms with Crippen LogP contribution in [0.4, 0.5) is 5.95 Å². The maximum absolute atomic E-state index is 11.5. The van der Waals surface area contributed by atoms with Gasteiger partial charge in [-0.1, -0.05) is 0 Å². The molecule has 1 aromatic heterocycles. The topological polar surface area (TPSA) is 64.5 Å². The summed E-state index contributed by atoms with van der Waals surface area (Å²) in [6.45, 7) is 3.24. The zero-order valence-electron chi connectivity index (χ0n) is 10.8. The van der Waals surface area contributed by atoms with E-state index in [4.69, 9.17) is 9.47 Å². The van der Waals surface area contributed by atoms with Crippen LogP contribution in [-0.4, -0.2) is 43.2 Å². The smallest absolute Gasteiger partial charge is 0.310 e. The Balaban J connectivity index is 2.14. The maximum Gasteiger partial charge on any atom is 0.310 e. The van der Waals surface area contributed by atoms with E-state index in [1.165, 1.54) is 7.11 Å². The van der Waals surface area contributed by atoms with Crippen LogP contribution in [0.5, 0.6) is 5.88 Å². The second-order valence-electron chi connectivity index (χ2n) is 4.31. The molecule has 1 aromatic rings. The summed E-state index contributed by atoms with van der Waals surface area (Å²) in [5.41, 5.74) is 0.846. The number of aryl methyl sites for hydroxylation is 1. The number of carbonyl (C=O) groups is 1. The highest BCUT2D eigenvalue weighted by atomic mass is 16.5.